The summed E-state index contributed by atoms with van der Waals surface area (Å²) in [5.41, 5.74) is -1.58. The van der Waals surface area contributed by atoms with Crippen molar-refractivity contribution in [1.29, 1.82) is 0 Å². The molecule has 2 unspecified atom stereocenters. The maximum Gasteiger partial charge on any atom is 0.417 e. The van der Waals surface area contributed by atoms with Gasteiger partial charge in [-0.25, -0.2) is 0 Å². The van der Waals surface area contributed by atoms with Crippen molar-refractivity contribution in [3.8, 4) is 0 Å². The number of carbonyl (C=O) groups excluding carboxylic acids is 1. The standard InChI is InChI=1S/C12H9ClF3NO2/c13-8-2-1-6(3-7(8)12(14,15)16)11-4-9(17-5-11)10(18)19-11/h1-3,9,17H,4-5H2. The highest BCUT2D eigenvalue weighted by Crippen LogP contribution is 2.44. The summed E-state index contributed by atoms with van der Waals surface area (Å²) in [6.45, 7) is 0.322. The molecule has 0 amide bonds. The van der Waals surface area contributed by atoms with Crippen molar-refractivity contribution in [2.45, 2.75) is 24.2 Å². The first kappa shape index (κ1) is 12.7. The quantitative estimate of drug-likeness (QED) is 0.808. The molecule has 2 fully saturated rings. The fourth-order valence-electron chi connectivity index (χ4n) is 2.57. The molecule has 7 heteroatoms. The van der Waals surface area contributed by atoms with Gasteiger partial charge in [0.05, 0.1) is 10.6 Å². The Morgan fingerprint density at radius 1 is 1.42 bits per heavy atom. The minimum atomic E-state index is -4.53. The number of fused-ring (bicyclic) bond motifs is 2. The molecule has 2 bridgehead atoms. The molecule has 2 aliphatic heterocycles. The Morgan fingerprint density at radius 2 is 2.16 bits per heavy atom. The molecule has 2 heterocycles. The van der Waals surface area contributed by atoms with E-state index in [0.717, 1.165) is 6.07 Å². The number of carbonyl (C=O) groups is 1. The molecule has 3 rings (SSSR count). The van der Waals surface area contributed by atoms with E-state index in [9.17, 15) is 18.0 Å². The zero-order valence-corrected chi connectivity index (χ0v) is 10.3. The van der Waals surface area contributed by atoms with E-state index in [1.165, 1.54) is 12.1 Å². The molecule has 19 heavy (non-hydrogen) atoms. The Labute approximate surface area is 111 Å². The van der Waals surface area contributed by atoms with Crippen LogP contribution in [0.3, 0.4) is 0 Å². The first-order valence-corrected chi connectivity index (χ1v) is 6.03. The lowest BCUT2D eigenvalue weighted by molar-refractivity contribution is -0.153. The summed E-state index contributed by atoms with van der Waals surface area (Å²) < 4.78 is 43.7. The molecule has 1 aromatic carbocycles. The topological polar surface area (TPSA) is 38.3 Å². The van der Waals surface area contributed by atoms with Crippen molar-refractivity contribution in [2.75, 3.05) is 6.54 Å². The third-order valence-corrected chi connectivity index (χ3v) is 3.88. The van der Waals surface area contributed by atoms with Crippen LogP contribution in [0.15, 0.2) is 18.2 Å². The van der Waals surface area contributed by atoms with E-state index in [4.69, 9.17) is 16.3 Å². The third-order valence-electron chi connectivity index (χ3n) is 3.55. The van der Waals surface area contributed by atoms with Gasteiger partial charge in [-0.05, 0) is 17.7 Å². The Balaban J connectivity index is 2.05. The summed E-state index contributed by atoms with van der Waals surface area (Å²) in [6, 6.07) is 3.20. The molecule has 1 N–H and O–H groups in total. The van der Waals surface area contributed by atoms with Gasteiger partial charge < -0.3 is 4.74 Å². The Hall–Kier alpha value is -1.27. The molecule has 2 aliphatic rings. The van der Waals surface area contributed by atoms with Crippen LogP contribution in [-0.2, 0) is 21.3 Å². The Bertz CT molecular complexity index is 560. The van der Waals surface area contributed by atoms with Crippen LogP contribution in [-0.4, -0.2) is 18.6 Å². The van der Waals surface area contributed by atoms with Crippen LogP contribution in [0.4, 0.5) is 13.2 Å². The molecule has 0 spiro atoms. The number of ether oxygens (including phenoxy) is 1. The molecular weight excluding hydrogens is 283 g/mol. The molecule has 2 saturated heterocycles. The average Bonchev–Trinajstić information content (AvgIpc) is 2.86. The van der Waals surface area contributed by atoms with Crippen molar-refractivity contribution < 1.29 is 22.7 Å². The van der Waals surface area contributed by atoms with Crippen molar-refractivity contribution >= 4 is 17.6 Å². The fourth-order valence-corrected chi connectivity index (χ4v) is 2.80. The van der Waals surface area contributed by atoms with Crippen LogP contribution in [0, 0.1) is 0 Å². The highest BCUT2D eigenvalue weighted by molar-refractivity contribution is 6.31. The van der Waals surface area contributed by atoms with E-state index in [-0.39, 0.29) is 5.02 Å². The number of halogens is 4. The van der Waals surface area contributed by atoms with Crippen molar-refractivity contribution in [1.82, 2.24) is 5.32 Å². The lowest BCUT2D eigenvalue weighted by Crippen LogP contribution is -2.40. The van der Waals surface area contributed by atoms with Gasteiger partial charge in [0.15, 0.2) is 5.60 Å². The first-order valence-electron chi connectivity index (χ1n) is 5.65. The number of nitrogens with one attached hydrogen (secondary N) is 1. The predicted octanol–water partition coefficient (Wildman–Crippen LogP) is 2.47. The Kier molecular flexibility index (Phi) is 2.59. The maximum atomic E-state index is 12.8. The lowest BCUT2D eigenvalue weighted by atomic mass is 9.91. The second-order valence-electron chi connectivity index (χ2n) is 4.75. The SMILES string of the molecule is O=C1OC2(c3ccc(Cl)c(C(F)(F)F)c3)CNC1C2. The minimum Gasteiger partial charge on any atom is -0.452 e. The van der Waals surface area contributed by atoms with Crippen LogP contribution in [0.1, 0.15) is 17.5 Å². The molecule has 0 saturated carbocycles. The molecule has 0 aromatic heterocycles. The van der Waals surface area contributed by atoms with E-state index < -0.39 is 29.4 Å². The highest BCUT2D eigenvalue weighted by atomic mass is 35.5. The average molecular weight is 292 g/mol. The van der Waals surface area contributed by atoms with E-state index in [1.807, 2.05) is 0 Å². The van der Waals surface area contributed by atoms with Gasteiger partial charge in [0.1, 0.15) is 6.04 Å². The number of hydrogen-bond donors (Lipinski definition) is 1. The van der Waals surface area contributed by atoms with Gasteiger partial charge in [0, 0.05) is 13.0 Å². The normalized spacial score (nSPS) is 29.7. The monoisotopic (exact) mass is 291 g/mol. The van der Waals surface area contributed by atoms with E-state index >= 15 is 0 Å². The zero-order valence-electron chi connectivity index (χ0n) is 9.55. The van der Waals surface area contributed by atoms with Crippen LogP contribution in [0.2, 0.25) is 5.02 Å². The van der Waals surface area contributed by atoms with Crippen molar-refractivity contribution in [3.63, 3.8) is 0 Å². The molecule has 0 aliphatic carbocycles. The summed E-state index contributed by atoms with van der Waals surface area (Å²) in [5, 5.41) is 2.57. The molecule has 2 atom stereocenters. The number of esters is 1. The minimum absolute atomic E-state index is 0.322. The van der Waals surface area contributed by atoms with Gasteiger partial charge in [-0.1, -0.05) is 17.7 Å². The number of alkyl halides is 3. The number of morpholine rings is 1. The zero-order chi connectivity index (χ0) is 13.8. The summed E-state index contributed by atoms with van der Waals surface area (Å²) in [7, 11) is 0. The summed E-state index contributed by atoms with van der Waals surface area (Å²) >= 11 is 5.57. The van der Waals surface area contributed by atoms with E-state index in [0.29, 0.717) is 18.5 Å². The van der Waals surface area contributed by atoms with Gasteiger partial charge >= 0.3 is 12.1 Å². The molecule has 3 nitrogen and oxygen atoms in total. The number of hydrogen-bond acceptors (Lipinski definition) is 3. The maximum absolute atomic E-state index is 12.8. The van der Waals surface area contributed by atoms with Crippen LogP contribution >= 0.6 is 11.6 Å². The third kappa shape index (κ3) is 1.90. The summed E-state index contributed by atoms with van der Waals surface area (Å²) in [5.74, 6) is -0.422. The lowest BCUT2D eigenvalue weighted by Gasteiger charge is -2.27. The van der Waals surface area contributed by atoms with Gasteiger partial charge in [-0.3, -0.25) is 10.1 Å². The van der Waals surface area contributed by atoms with Crippen molar-refractivity contribution in [2.24, 2.45) is 0 Å². The molecule has 0 radical (unpaired) electrons. The summed E-state index contributed by atoms with van der Waals surface area (Å²) in [6.07, 6.45) is -4.18. The van der Waals surface area contributed by atoms with Gasteiger partial charge in [-0.2, -0.15) is 13.2 Å². The van der Waals surface area contributed by atoms with E-state index in [1.54, 1.807) is 0 Å². The largest absolute Gasteiger partial charge is 0.452 e. The van der Waals surface area contributed by atoms with Crippen LogP contribution in [0.5, 0.6) is 0 Å². The fraction of sp³-hybridized carbons (Fsp3) is 0.417. The smallest absolute Gasteiger partial charge is 0.417 e. The van der Waals surface area contributed by atoms with Gasteiger partial charge in [0.2, 0.25) is 0 Å². The number of benzene rings is 1. The Morgan fingerprint density at radius 3 is 2.68 bits per heavy atom. The second kappa shape index (κ2) is 3.86. The van der Waals surface area contributed by atoms with Crippen molar-refractivity contribution in [3.05, 3.63) is 34.3 Å². The van der Waals surface area contributed by atoms with Gasteiger partial charge in [-0.15, -0.1) is 0 Å². The highest BCUT2D eigenvalue weighted by Gasteiger charge is 2.54. The second-order valence-corrected chi connectivity index (χ2v) is 5.15. The first-order chi connectivity index (χ1) is 8.82. The molecule has 102 valence electrons. The number of rotatable bonds is 1. The van der Waals surface area contributed by atoms with Gasteiger partial charge in [0.25, 0.3) is 0 Å². The van der Waals surface area contributed by atoms with E-state index in [2.05, 4.69) is 5.32 Å². The summed E-state index contributed by atoms with van der Waals surface area (Å²) in [4.78, 5) is 11.4. The molecule has 1 aromatic rings. The molecular formula is C12H9ClF3NO2. The van der Waals surface area contributed by atoms with Crippen LogP contribution in [0.25, 0.3) is 0 Å². The van der Waals surface area contributed by atoms with Crippen LogP contribution < -0.4 is 5.32 Å². The predicted molar refractivity (Wildman–Crippen MR) is 60.6 cm³/mol.